The Hall–Kier alpha value is 0.0700. The minimum absolute atomic E-state index is 0. The van der Waals surface area contributed by atoms with Crippen LogP contribution in [-0.2, 0) is 4.79 Å². The summed E-state index contributed by atoms with van der Waals surface area (Å²) in [4.78, 5) is 14.4. The number of carbonyl (C=O) groups is 1. The van der Waals surface area contributed by atoms with Crippen LogP contribution in [0.25, 0.3) is 0 Å². The molecule has 3 rings (SSSR count). The number of hydrogen-bond acceptors (Lipinski definition) is 3. The molecule has 0 aromatic rings. The molecule has 17 heavy (non-hydrogen) atoms. The van der Waals surface area contributed by atoms with Crippen LogP contribution >= 0.6 is 24.2 Å². The van der Waals surface area contributed by atoms with Crippen LogP contribution in [0.2, 0.25) is 0 Å². The Labute approximate surface area is 113 Å². The second-order valence-corrected chi connectivity index (χ2v) is 6.53. The highest BCUT2D eigenvalue weighted by Crippen LogP contribution is 2.59. The van der Waals surface area contributed by atoms with Crippen molar-refractivity contribution in [2.75, 3.05) is 37.7 Å². The van der Waals surface area contributed by atoms with E-state index >= 15 is 0 Å². The molecule has 3 nitrogen and oxygen atoms in total. The van der Waals surface area contributed by atoms with Gasteiger partial charge in [-0.05, 0) is 37.8 Å². The van der Waals surface area contributed by atoms with E-state index < -0.39 is 0 Å². The molecule has 5 heteroatoms. The van der Waals surface area contributed by atoms with Crippen LogP contribution in [0.1, 0.15) is 19.3 Å². The molecular weight excluding hydrogens is 256 g/mol. The summed E-state index contributed by atoms with van der Waals surface area (Å²) in [6.45, 7) is 4.18. The van der Waals surface area contributed by atoms with E-state index in [-0.39, 0.29) is 12.4 Å². The van der Waals surface area contributed by atoms with Crippen LogP contribution in [0.15, 0.2) is 0 Å². The van der Waals surface area contributed by atoms with Crippen molar-refractivity contribution in [3.63, 3.8) is 0 Å². The maximum Gasteiger partial charge on any atom is 0.226 e. The Morgan fingerprint density at radius 1 is 1.24 bits per heavy atom. The number of halogens is 1. The van der Waals surface area contributed by atoms with Crippen LogP contribution in [-0.4, -0.2) is 48.5 Å². The molecule has 1 N–H and O–H groups in total. The predicted octanol–water partition coefficient (Wildman–Crippen LogP) is 1.37. The van der Waals surface area contributed by atoms with Gasteiger partial charge in [0.05, 0.1) is 0 Å². The third-order valence-corrected chi connectivity index (χ3v) is 5.35. The second-order valence-electron chi connectivity index (χ2n) is 5.31. The SMILES string of the molecule is Cl.O=C(C1CC12CCNCC2)N1CCSCC1. The van der Waals surface area contributed by atoms with Gasteiger partial charge in [-0.2, -0.15) is 11.8 Å². The highest BCUT2D eigenvalue weighted by atomic mass is 35.5. The molecule has 0 aromatic carbocycles. The summed E-state index contributed by atoms with van der Waals surface area (Å²) >= 11 is 1.97. The van der Waals surface area contributed by atoms with Crippen LogP contribution < -0.4 is 5.32 Å². The Balaban J connectivity index is 0.00000108. The Morgan fingerprint density at radius 3 is 2.53 bits per heavy atom. The number of carbonyl (C=O) groups excluding carboxylic acids is 1. The van der Waals surface area contributed by atoms with Crippen molar-refractivity contribution in [3.8, 4) is 0 Å². The molecule has 2 aliphatic heterocycles. The van der Waals surface area contributed by atoms with Gasteiger partial charge in [-0.15, -0.1) is 12.4 Å². The lowest BCUT2D eigenvalue weighted by molar-refractivity contribution is -0.133. The molecule has 1 saturated carbocycles. The van der Waals surface area contributed by atoms with Crippen LogP contribution in [0.5, 0.6) is 0 Å². The van der Waals surface area contributed by atoms with E-state index in [2.05, 4.69) is 10.2 Å². The fourth-order valence-corrected chi connectivity index (χ4v) is 4.08. The van der Waals surface area contributed by atoms with E-state index in [0.717, 1.165) is 44.1 Å². The van der Waals surface area contributed by atoms with Crippen molar-refractivity contribution in [1.29, 1.82) is 0 Å². The maximum absolute atomic E-state index is 12.3. The zero-order chi connectivity index (χ0) is 11.0. The maximum atomic E-state index is 12.3. The molecule has 0 radical (unpaired) electrons. The van der Waals surface area contributed by atoms with Gasteiger partial charge in [-0.3, -0.25) is 4.79 Å². The lowest BCUT2D eigenvalue weighted by atomic mass is 9.91. The molecule has 1 aliphatic carbocycles. The number of nitrogens with zero attached hydrogens (tertiary/aromatic N) is 1. The van der Waals surface area contributed by atoms with Gasteiger partial charge < -0.3 is 10.2 Å². The summed E-state index contributed by atoms with van der Waals surface area (Å²) in [6.07, 6.45) is 3.59. The lowest BCUT2D eigenvalue weighted by Gasteiger charge is -2.29. The summed E-state index contributed by atoms with van der Waals surface area (Å²) in [5.74, 6) is 3.10. The van der Waals surface area contributed by atoms with Gasteiger partial charge >= 0.3 is 0 Å². The monoisotopic (exact) mass is 276 g/mol. The summed E-state index contributed by atoms with van der Waals surface area (Å²) in [7, 11) is 0. The van der Waals surface area contributed by atoms with Gasteiger partial charge in [0.2, 0.25) is 5.91 Å². The van der Waals surface area contributed by atoms with Crippen molar-refractivity contribution >= 4 is 30.1 Å². The van der Waals surface area contributed by atoms with E-state index in [1.54, 1.807) is 0 Å². The van der Waals surface area contributed by atoms with Crippen molar-refractivity contribution in [2.24, 2.45) is 11.3 Å². The van der Waals surface area contributed by atoms with Gasteiger partial charge in [0.15, 0.2) is 0 Å². The molecule has 1 amide bonds. The van der Waals surface area contributed by atoms with Crippen molar-refractivity contribution in [1.82, 2.24) is 10.2 Å². The van der Waals surface area contributed by atoms with Crippen LogP contribution in [0.4, 0.5) is 0 Å². The highest BCUT2D eigenvalue weighted by molar-refractivity contribution is 7.99. The zero-order valence-electron chi connectivity index (χ0n) is 10.1. The Bertz CT molecular complexity index is 288. The molecule has 1 unspecified atom stereocenters. The number of thioether (sulfide) groups is 1. The predicted molar refractivity (Wildman–Crippen MR) is 73.8 cm³/mol. The van der Waals surface area contributed by atoms with Crippen molar-refractivity contribution < 1.29 is 4.79 Å². The average molecular weight is 277 g/mol. The zero-order valence-corrected chi connectivity index (χ0v) is 11.7. The third-order valence-electron chi connectivity index (χ3n) is 4.41. The summed E-state index contributed by atoms with van der Waals surface area (Å²) < 4.78 is 0. The fraction of sp³-hybridized carbons (Fsp3) is 0.917. The van der Waals surface area contributed by atoms with Gasteiger partial charge in [-0.1, -0.05) is 0 Å². The van der Waals surface area contributed by atoms with Gasteiger partial charge in [0, 0.05) is 30.5 Å². The molecule has 0 bridgehead atoms. The second kappa shape index (κ2) is 5.37. The number of hydrogen-bond donors (Lipinski definition) is 1. The molecule has 1 atom stereocenters. The van der Waals surface area contributed by atoms with Gasteiger partial charge in [-0.25, -0.2) is 0 Å². The number of nitrogens with one attached hydrogen (secondary N) is 1. The van der Waals surface area contributed by atoms with Gasteiger partial charge in [0.25, 0.3) is 0 Å². The number of piperidine rings is 1. The Kier molecular flexibility index (Phi) is 4.26. The molecule has 0 aromatic heterocycles. The molecule has 98 valence electrons. The van der Waals surface area contributed by atoms with E-state index in [4.69, 9.17) is 0 Å². The molecule has 1 spiro atoms. The van der Waals surface area contributed by atoms with E-state index in [0.29, 0.717) is 17.2 Å². The molecule has 2 heterocycles. The smallest absolute Gasteiger partial charge is 0.226 e. The molecule has 2 saturated heterocycles. The van der Waals surface area contributed by atoms with E-state index in [1.807, 2.05) is 11.8 Å². The average Bonchev–Trinajstić information content (AvgIpc) is 3.04. The third kappa shape index (κ3) is 2.59. The first kappa shape index (κ1) is 13.5. The van der Waals surface area contributed by atoms with Crippen LogP contribution in [0.3, 0.4) is 0 Å². The summed E-state index contributed by atoms with van der Waals surface area (Å²) in [5, 5.41) is 3.39. The largest absolute Gasteiger partial charge is 0.341 e. The first-order valence-electron chi connectivity index (χ1n) is 6.39. The van der Waals surface area contributed by atoms with Crippen LogP contribution in [0, 0.1) is 11.3 Å². The first-order chi connectivity index (χ1) is 7.82. The topological polar surface area (TPSA) is 32.3 Å². The fourth-order valence-electron chi connectivity index (χ4n) is 3.18. The quantitative estimate of drug-likeness (QED) is 0.785. The van der Waals surface area contributed by atoms with E-state index in [9.17, 15) is 4.79 Å². The highest BCUT2D eigenvalue weighted by Gasteiger charge is 2.58. The van der Waals surface area contributed by atoms with Crippen molar-refractivity contribution in [2.45, 2.75) is 19.3 Å². The molecule has 3 fully saturated rings. The van der Waals surface area contributed by atoms with E-state index in [1.165, 1.54) is 12.8 Å². The summed E-state index contributed by atoms with van der Waals surface area (Å²) in [5.41, 5.74) is 0.410. The molecular formula is C12H21ClN2OS. The first-order valence-corrected chi connectivity index (χ1v) is 7.55. The standard InChI is InChI=1S/C12H20N2OS.ClH/c15-11(14-5-7-16-8-6-14)10-9-12(10)1-3-13-4-2-12;/h10,13H,1-9H2;1H. The summed E-state index contributed by atoms with van der Waals surface area (Å²) in [6, 6.07) is 0. The van der Waals surface area contributed by atoms with Crippen molar-refractivity contribution in [3.05, 3.63) is 0 Å². The normalized spacial score (nSPS) is 30.8. The minimum atomic E-state index is 0. The Morgan fingerprint density at radius 2 is 1.88 bits per heavy atom. The number of amides is 1. The molecule has 3 aliphatic rings. The van der Waals surface area contributed by atoms with Gasteiger partial charge in [0.1, 0.15) is 0 Å². The number of rotatable bonds is 1. The minimum Gasteiger partial charge on any atom is -0.341 e. The lowest BCUT2D eigenvalue weighted by Crippen LogP contribution is -2.40.